The minimum atomic E-state index is -0.172. The number of amides is 2. The Morgan fingerprint density at radius 3 is 2.42 bits per heavy atom. The molecular weight excluding hydrogens is 420 g/mol. The second-order valence-electron chi connectivity index (χ2n) is 8.20. The van der Waals surface area contributed by atoms with E-state index in [9.17, 15) is 4.79 Å². The summed E-state index contributed by atoms with van der Waals surface area (Å²) in [5.41, 5.74) is 3.71. The number of nitrogens with one attached hydrogen (secondary N) is 1. The number of nitrogens with zero attached hydrogens (tertiary/aromatic N) is 7. The molecule has 0 atom stereocenters. The lowest BCUT2D eigenvalue weighted by Crippen LogP contribution is -2.37. The van der Waals surface area contributed by atoms with Crippen LogP contribution in [0.2, 0.25) is 0 Å². The van der Waals surface area contributed by atoms with Crippen molar-refractivity contribution in [2.24, 2.45) is 0 Å². The van der Waals surface area contributed by atoms with E-state index in [1.54, 1.807) is 26.5 Å². The maximum absolute atomic E-state index is 11.9. The molecule has 2 aliphatic heterocycles. The summed E-state index contributed by atoms with van der Waals surface area (Å²) in [6.07, 6.45) is 3.50. The Labute approximate surface area is 192 Å². The highest BCUT2D eigenvalue weighted by molar-refractivity contribution is 5.89. The zero-order valence-electron chi connectivity index (χ0n) is 18.7. The lowest BCUT2D eigenvalue weighted by molar-refractivity contribution is 0.122. The summed E-state index contributed by atoms with van der Waals surface area (Å²) in [6.45, 7) is 4.24. The lowest BCUT2D eigenvalue weighted by atomic mass is 10.1. The number of hydrogen-bond acceptors (Lipinski definition) is 8. The number of carbonyl (C=O) groups is 1. The molecule has 2 aliphatic rings. The molecule has 10 heteroatoms. The van der Waals surface area contributed by atoms with Gasteiger partial charge in [-0.15, -0.1) is 0 Å². The van der Waals surface area contributed by atoms with E-state index in [1.165, 1.54) is 4.90 Å². The van der Waals surface area contributed by atoms with Gasteiger partial charge in [0.1, 0.15) is 5.82 Å². The predicted molar refractivity (Wildman–Crippen MR) is 125 cm³/mol. The topological polar surface area (TPSA) is 99.6 Å². The number of fused-ring (bicyclic) bond motifs is 1. The normalized spacial score (nSPS) is 15.3. The van der Waals surface area contributed by atoms with Gasteiger partial charge in [-0.25, -0.2) is 24.7 Å². The highest BCUT2D eigenvalue weighted by Gasteiger charge is 2.29. The molecule has 0 unspecified atom stereocenters. The number of ether oxygens (including phenoxy) is 1. The largest absolute Gasteiger partial charge is 0.378 e. The fourth-order valence-electron chi connectivity index (χ4n) is 3.94. The van der Waals surface area contributed by atoms with Crippen molar-refractivity contribution in [1.82, 2.24) is 24.8 Å². The monoisotopic (exact) mass is 446 g/mol. The molecule has 10 nitrogen and oxygen atoms in total. The van der Waals surface area contributed by atoms with Gasteiger partial charge < -0.3 is 24.8 Å². The van der Waals surface area contributed by atoms with Gasteiger partial charge in [0.25, 0.3) is 0 Å². The number of benzene rings is 1. The van der Waals surface area contributed by atoms with Crippen LogP contribution in [0.4, 0.5) is 22.2 Å². The van der Waals surface area contributed by atoms with Crippen LogP contribution < -0.4 is 15.1 Å². The number of urea groups is 1. The van der Waals surface area contributed by atoms with Gasteiger partial charge in [-0.3, -0.25) is 0 Å². The van der Waals surface area contributed by atoms with E-state index in [-0.39, 0.29) is 6.03 Å². The highest BCUT2D eigenvalue weighted by atomic mass is 16.5. The fraction of sp³-hybridized carbons (Fsp3) is 0.348. The first kappa shape index (κ1) is 21.1. The van der Waals surface area contributed by atoms with Crippen LogP contribution in [-0.2, 0) is 17.8 Å². The van der Waals surface area contributed by atoms with Crippen molar-refractivity contribution < 1.29 is 9.53 Å². The molecule has 2 aromatic heterocycles. The minimum absolute atomic E-state index is 0.172. The van der Waals surface area contributed by atoms with Crippen molar-refractivity contribution >= 4 is 23.5 Å². The minimum Gasteiger partial charge on any atom is -0.378 e. The first-order valence-corrected chi connectivity index (χ1v) is 10.9. The number of hydrogen-bond donors (Lipinski definition) is 1. The van der Waals surface area contributed by atoms with Crippen molar-refractivity contribution in [3.63, 3.8) is 0 Å². The molecule has 1 N–H and O–H groups in total. The van der Waals surface area contributed by atoms with E-state index in [1.807, 2.05) is 30.3 Å². The third-order valence-corrected chi connectivity index (χ3v) is 5.71. The van der Waals surface area contributed by atoms with Crippen molar-refractivity contribution in [3.05, 3.63) is 54.0 Å². The van der Waals surface area contributed by atoms with Gasteiger partial charge in [-0.1, -0.05) is 0 Å². The molecule has 0 spiro atoms. The second kappa shape index (κ2) is 8.99. The molecule has 2 amide bonds. The second-order valence-corrected chi connectivity index (χ2v) is 8.20. The summed E-state index contributed by atoms with van der Waals surface area (Å²) in [5, 5.41) is 2.85. The summed E-state index contributed by atoms with van der Waals surface area (Å²) in [7, 11) is 3.41. The van der Waals surface area contributed by atoms with Crippen LogP contribution in [0.5, 0.6) is 0 Å². The third kappa shape index (κ3) is 4.42. The molecule has 0 radical (unpaired) electrons. The van der Waals surface area contributed by atoms with E-state index in [0.29, 0.717) is 38.1 Å². The number of anilines is 3. The molecule has 0 aliphatic carbocycles. The van der Waals surface area contributed by atoms with Gasteiger partial charge in [0.05, 0.1) is 32.0 Å². The van der Waals surface area contributed by atoms with Gasteiger partial charge in [0.15, 0.2) is 5.82 Å². The Morgan fingerprint density at radius 2 is 1.73 bits per heavy atom. The Kier molecular flexibility index (Phi) is 5.74. The fourth-order valence-corrected chi connectivity index (χ4v) is 3.94. The SMILES string of the molecule is CN(C)C(=O)Nc1ccc(-c2nc3c(c(N4CCOCC4)n2)CN(c2ncccn2)C3)cc1. The summed E-state index contributed by atoms with van der Waals surface area (Å²) >= 11 is 0. The van der Waals surface area contributed by atoms with E-state index in [2.05, 4.69) is 25.1 Å². The van der Waals surface area contributed by atoms with Crippen LogP contribution in [0.3, 0.4) is 0 Å². The number of morpholine rings is 1. The van der Waals surface area contributed by atoms with E-state index in [4.69, 9.17) is 14.7 Å². The molecule has 4 heterocycles. The van der Waals surface area contributed by atoms with Crippen molar-refractivity contribution in [3.8, 4) is 11.4 Å². The Morgan fingerprint density at radius 1 is 1.00 bits per heavy atom. The number of aromatic nitrogens is 4. The lowest BCUT2D eigenvalue weighted by Gasteiger charge is -2.29. The average Bonchev–Trinajstić information content (AvgIpc) is 3.29. The summed E-state index contributed by atoms with van der Waals surface area (Å²) in [6, 6.07) is 9.24. The van der Waals surface area contributed by atoms with Gasteiger partial charge in [0, 0.05) is 56.4 Å². The molecule has 1 saturated heterocycles. The Hall–Kier alpha value is -3.79. The maximum Gasteiger partial charge on any atom is 0.321 e. The molecule has 0 bridgehead atoms. The highest BCUT2D eigenvalue weighted by Crippen LogP contribution is 2.33. The number of rotatable bonds is 4. The van der Waals surface area contributed by atoms with Crippen molar-refractivity contribution in [2.45, 2.75) is 13.1 Å². The zero-order valence-corrected chi connectivity index (χ0v) is 18.7. The van der Waals surface area contributed by atoms with Gasteiger partial charge in [-0.2, -0.15) is 0 Å². The van der Waals surface area contributed by atoms with Crippen molar-refractivity contribution in [2.75, 3.05) is 55.5 Å². The Balaban J connectivity index is 1.47. The van der Waals surface area contributed by atoms with E-state index in [0.717, 1.165) is 41.4 Å². The van der Waals surface area contributed by atoms with E-state index >= 15 is 0 Å². The summed E-state index contributed by atoms with van der Waals surface area (Å²) < 4.78 is 5.55. The third-order valence-electron chi connectivity index (χ3n) is 5.71. The first-order valence-electron chi connectivity index (χ1n) is 10.9. The molecule has 33 heavy (non-hydrogen) atoms. The molecule has 170 valence electrons. The molecule has 5 rings (SSSR count). The summed E-state index contributed by atoms with van der Waals surface area (Å²) in [4.78, 5) is 36.5. The first-order chi connectivity index (χ1) is 16.1. The van der Waals surface area contributed by atoms with Gasteiger partial charge in [0.2, 0.25) is 5.95 Å². The van der Waals surface area contributed by atoms with Crippen molar-refractivity contribution in [1.29, 1.82) is 0 Å². The molecular formula is C23H26N8O2. The zero-order chi connectivity index (χ0) is 22.8. The number of carbonyl (C=O) groups excluding carboxylic acids is 1. The van der Waals surface area contributed by atoms with Crippen LogP contribution in [0.15, 0.2) is 42.7 Å². The maximum atomic E-state index is 11.9. The van der Waals surface area contributed by atoms with Crippen LogP contribution in [0.25, 0.3) is 11.4 Å². The molecule has 3 aromatic rings. The van der Waals surface area contributed by atoms with Crippen LogP contribution in [0.1, 0.15) is 11.3 Å². The van der Waals surface area contributed by atoms with E-state index < -0.39 is 0 Å². The standard InChI is InChI=1S/C23H26N8O2/c1-29(2)23(32)26-17-6-4-16(5-7-17)20-27-19-15-31(22-24-8-3-9-25-22)14-18(19)21(28-20)30-10-12-33-13-11-30/h3-9H,10-15H2,1-2H3,(H,26,32). The predicted octanol–water partition coefficient (Wildman–Crippen LogP) is 2.38. The van der Waals surface area contributed by atoms with Gasteiger partial charge in [-0.05, 0) is 30.3 Å². The smallest absolute Gasteiger partial charge is 0.321 e. The van der Waals surface area contributed by atoms with Crippen LogP contribution in [0, 0.1) is 0 Å². The molecule has 1 fully saturated rings. The Bertz CT molecular complexity index is 1130. The molecule has 1 aromatic carbocycles. The quantitative estimate of drug-likeness (QED) is 0.652. The van der Waals surface area contributed by atoms with Crippen LogP contribution in [-0.4, -0.2) is 71.3 Å². The average molecular weight is 447 g/mol. The molecule has 0 saturated carbocycles. The summed E-state index contributed by atoms with van der Waals surface area (Å²) in [5.74, 6) is 2.30. The van der Waals surface area contributed by atoms with Gasteiger partial charge >= 0.3 is 6.03 Å². The van der Waals surface area contributed by atoms with Crippen LogP contribution >= 0.6 is 0 Å².